The molecule has 1 N–H and O–H groups in total. The van der Waals surface area contributed by atoms with Gasteiger partial charge < -0.3 is 5.32 Å². The van der Waals surface area contributed by atoms with Crippen LogP contribution in [-0.4, -0.2) is 36.6 Å². The van der Waals surface area contributed by atoms with Crippen LogP contribution in [0.15, 0.2) is 0 Å². The molecule has 1 fully saturated rings. The van der Waals surface area contributed by atoms with Crippen LogP contribution >= 0.6 is 0 Å². The lowest BCUT2D eigenvalue weighted by atomic mass is 9.84. The van der Waals surface area contributed by atoms with Gasteiger partial charge in [0.05, 0.1) is 0 Å². The van der Waals surface area contributed by atoms with Gasteiger partial charge in [-0.3, -0.25) is 4.90 Å². The Kier molecular flexibility index (Phi) is 6.50. The molecule has 0 bridgehead atoms. The monoisotopic (exact) mass is 240 g/mol. The highest BCUT2D eigenvalue weighted by molar-refractivity contribution is 4.87. The number of rotatable bonds is 6. The van der Waals surface area contributed by atoms with E-state index in [1.807, 2.05) is 0 Å². The van der Waals surface area contributed by atoms with Crippen LogP contribution in [-0.2, 0) is 0 Å². The molecular formula is C15H32N2. The third-order valence-electron chi connectivity index (χ3n) is 4.36. The van der Waals surface area contributed by atoms with E-state index in [0.29, 0.717) is 0 Å². The van der Waals surface area contributed by atoms with Crippen LogP contribution in [0.25, 0.3) is 0 Å². The van der Waals surface area contributed by atoms with E-state index < -0.39 is 0 Å². The van der Waals surface area contributed by atoms with Crippen molar-refractivity contribution >= 4 is 0 Å². The molecule has 1 aliphatic rings. The van der Waals surface area contributed by atoms with Crippen molar-refractivity contribution in [1.29, 1.82) is 0 Å². The topological polar surface area (TPSA) is 15.3 Å². The summed E-state index contributed by atoms with van der Waals surface area (Å²) in [7, 11) is 0. The average Bonchev–Trinajstić information content (AvgIpc) is 2.29. The second-order valence-electron chi connectivity index (χ2n) is 6.01. The lowest BCUT2D eigenvalue weighted by Crippen LogP contribution is -2.53. The molecule has 4 unspecified atom stereocenters. The summed E-state index contributed by atoms with van der Waals surface area (Å²) >= 11 is 0. The molecule has 0 radical (unpaired) electrons. The van der Waals surface area contributed by atoms with Crippen LogP contribution in [0.2, 0.25) is 0 Å². The summed E-state index contributed by atoms with van der Waals surface area (Å²) in [5.74, 6) is 1.71. The van der Waals surface area contributed by atoms with Crippen molar-refractivity contribution < 1.29 is 0 Å². The number of likely N-dealkylation sites (tertiary alicyclic amines) is 1. The predicted octanol–water partition coefficient (Wildman–Crippen LogP) is 3.13. The number of hydrogen-bond donors (Lipinski definition) is 1. The van der Waals surface area contributed by atoms with Gasteiger partial charge in [0, 0.05) is 25.2 Å². The zero-order valence-electron chi connectivity index (χ0n) is 12.5. The van der Waals surface area contributed by atoms with Crippen LogP contribution in [0.3, 0.4) is 0 Å². The number of nitrogens with zero attached hydrogens (tertiary/aromatic N) is 1. The molecule has 2 heteroatoms. The Hall–Kier alpha value is -0.0800. The van der Waals surface area contributed by atoms with Crippen LogP contribution in [0.5, 0.6) is 0 Å². The van der Waals surface area contributed by atoms with E-state index in [9.17, 15) is 0 Å². The predicted molar refractivity (Wildman–Crippen MR) is 76.4 cm³/mol. The van der Waals surface area contributed by atoms with Gasteiger partial charge in [0.2, 0.25) is 0 Å². The van der Waals surface area contributed by atoms with Crippen LogP contribution < -0.4 is 5.32 Å². The van der Waals surface area contributed by atoms with Crippen molar-refractivity contribution in [2.24, 2.45) is 11.8 Å². The smallest absolute Gasteiger partial charge is 0.0223 e. The zero-order chi connectivity index (χ0) is 12.8. The molecule has 0 amide bonds. The Bertz CT molecular complexity index is 205. The molecule has 0 aliphatic carbocycles. The third kappa shape index (κ3) is 4.26. The molecule has 1 rings (SSSR count). The average molecular weight is 240 g/mol. The lowest BCUT2D eigenvalue weighted by Gasteiger charge is -2.45. The van der Waals surface area contributed by atoms with Gasteiger partial charge in [-0.2, -0.15) is 0 Å². The van der Waals surface area contributed by atoms with Gasteiger partial charge in [-0.25, -0.2) is 0 Å². The molecule has 1 heterocycles. The fourth-order valence-corrected chi connectivity index (χ4v) is 3.27. The minimum absolute atomic E-state index is 0.736. The maximum atomic E-state index is 3.54. The summed E-state index contributed by atoms with van der Waals surface area (Å²) in [5, 5.41) is 3.54. The van der Waals surface area contributed by atoms with Gasteiger partial charge >= 0.3 is 0 Å². The van der Waals surface area contributed by atoms with Crippen LogP contribution in [0.1, 0.15) is 53.9 Å². The third-order valence-corrected chi connectivity index (χ3v) is 4.36. The molecule has 2 nitrogen and oxygen atoms in total. The van der Waals surface area contributed by atoms with Gasteiger partial charge in [-0.05, 0) is 38.1 Å². The normalized spacial score (nSPS) is 32.6. The number of hydrogen-bond acceptors (Lipinski definition) is 2. The first kappa shape index (κ1) is 15.0. The summed E-state index contributed by atoms with van der Waals surface area (Å²) in [6.45, 7) is 15.3. The number of nitrogens with one attached hydrogen (secondary N) is 1. The Morgan fingerprint density at radius 3 is 2.53 bits per heavy atom. The van der Waals surface area contributed by atoms with Crippen molar-refractivity contribution in [2.75, 3.05) is 19.6 Å². The lowest BCUT2D eigenvalue weighted by molar-refractivity contribution is 0.0366. The first-order chi connectivity index (χ1) is 8.10. The summed E-state index contributed by atoms with van der Waals surface area (Å²) in [6.07, 6.45) is 4.02. The molecule has 17 heavy (non-hydrogen) atoms. The second-order valence-corrected chi connectivity index (χ2v) is 6.01. The minimum atomic E-state index is 0.736. The van der Waals surface area contributed by atoms with Crippen molar-refractivity contribution in [1.82, 2.24) is 10.2 Å². The molecule has 0 aromatic heterocycles. The highest BCUT2D eigenvalue weighted by Gasteiger charge is 2.32. The summed E-state index contributed by atoms with van der Waals surface area (Å²) in [4.78, 5) is 2.77. The van der Waals surface area contributed by atoms with E-state index in [-0.39, 0.29) is 0 Å². The molecule has 102 valence electrons. The number of likely N-dealkylation sites (N-methyl/N-ethyl adjacent to an activating group) is 1. The van der Waals surface area contributed by atoms with Crippen molar-refractivity contribution in [3.63, 3.8) is 0 Å². The zero-order valence-corrected chi connectivity index (χ0v) is 12.5. The van der Waals surface area contributed by atoms with E-state index in [0.717, 1.165) is 37.0 Å². The van der Waals surface area contributed by atoms with Gasteiger partial charge in [0.25, 0.3) is 0 Å². The van der Waals surface area contributed by atoms with Gasteiger partial charge in [0.15, 0.2) is 0 Å². The highest BCUT2D eigenvalue weighted by atomic mass is 15.2. The molecule has 1 saturated heterocycles. The van der Waals surface area contributed by atoms with Crippen molar-refractivity contribution in [2.45, 2.75) is 66.0 Å². The molecule has 0 aromatic rings. The van der Waals surface area contributed by atoms with Gasteiger partial charge in [0.1, 0.15) is 0 Å². The van der Waals surface area contributed by atoms with Crippen molar-refractivity contribution in [3.8, 4) is 0 Å². The molecule has 4 atom stereocenters. The molecule has 0 aromatic carbocycles. The SMILES string of the molecule is CCCC(CNCC)N1CC(C)CC(C)C1C. The molecule has 1 aliphatic heterocycles. The number of piperidine rings is 1. The van der Waals surface area contributed by atoms with E-state index >= 15 is 0 Å². The minimum Gasteiger partial charge on any atom is -0.315 e. The van der Waals surface area contributed by atoms with Crippen LogP contribution in [0, 0.1) is 11.8 Å². The highest BCUT2D eigenvalue weighted by Crippen LogP contribution is 2.29. The molecule has 0 saturated carbocycles. The first-order valence-corrected chi connectivity index (χ1v) is 7.56. The van der Waals surface area contributed by atoms with Gasteiger partial charge in [-0.15, -0.1) is 0 Å². The summed E-state index contributed by atoms with van der Waals surface area (Å²) in [5.41, 5.74) is 0. The second kappa shape index (κ2) is 7.38. The Morgan fingerprint density at radius 1 is 1.24 bits per heavy atom. The largest absolute Gasteiger partial charge is 0.315 e. The molecular weight excluding hydrogens is 208 g/mol. The van der Waals surface area contributed by atoms with Gasteiger partial charge in [-0.1, -0.05) is 34.1 Å². The standard InChI is InChI=1S/C15H32N2/c1-6-8-15(10-16-7-2)17-11-12(3)9-13(4)14(17)5/h12-16H,6-11H2,1-5H3. The first-order valence-electron chi connectivity index (χ1n) is 7.56. The fraction of sp³-hybridized carbons (Fsp3) is 1.00. The Balaban J connectivity index is 2.62. The Labute approximate surface area is 108 Å². The van der Waals surface area contributed by atoms with E-state index in [2.05, 4.69) is 44.8 Å². The van der Waals surface area contributed by atoms with E-state index in [1.54, 1.807) is 0 Å². The summed E-state index contributed by atoms with van der Waals surface area (Å²) < 4.78 is 0. The quantitative estimate of drug-likeness (QED) is 0.767. The van der Waals surface area contributed by atoms with E-state index in [4.69, 9.17) is 0 Å². The fourth-order valence-electron chi connectivity index (χ4n) is 3.27. The molecule has 0 spiro atoms. The maximum Gasteiger partial charge on any atom is 0.0223 e. The maximum absolute atomic E-state index is 3.54. The van der Waals surface area contributed by atoms with E-state index in [1.165, 1.54) is 25.8 Å². The van der Waals surface area contributed by atoms with Crippen LogP contribution in [0.4, 0.5) is 0 Å². The Morgan fingerprint density at radius 2 is 1.94 bits per heavy atom. The summed E-state index contributed by atoms with van der Waals surface area (Å²) in [6, 6.07) is 1.49. The van der Waals surface area contributed by atoms with Crippen molar-refractivity contribution in [3.05, 3.63) is 0 Å².